The number of aryl methyl sites for hydroxylation is 14. The fourth-order valence-corrected chi connectivity index (χ4v) is 14.5. The summed E-state index contributed by atoms with van der Waals surface area (Å²) in [5, 5.41) is 50.4. The van der Waals surface area contributed by atoms with Crippen LogP contribution in [0.5, 0.6) is 0 Å². The van der Waals surface area contributed by atoms with Crippen molar-refractivity contribution in [2.75, 3.05) is 34.4 Å². The Kier molecular flexibility index (Phi) is 37.6. The standard InChI is InChI=1S/C18H22N6.C17H20N6.C17H22N6.C17H20N6.C16H18N6.C15H18N6/c1-14(10-15-6-3-2-4-7-15)12-24-13-17(22-23-24)9-5-8-16-11-20-18(19)21-16;1-13(9-14-5-3-2-4-6-14)11-23-12-16(21-22-23)8-7-15-10-19-17(18)20-15;2*18-17-19-12-15(20-17)9-4-10-16-13-23(22-21-16)11-5-8-14-6-2-1-3-7-14;17-16-18-11-14(19-16)8-9-15-12-22(21-20-15)10-4-7-13-5-2-1-3-6-13;16-15-17-9-13(18-15)7-4-8-14-11-21(20-19-14)10-12-5-2-1-3-6-12/h2-4,6-7,10-11,13H,5,8-9,12H2,1H3,(H3,19,20,21);2-6,9-10,12H,7-8,11H2,1H3,(H3,18,19,20);1-3,6-7,12-13H,4-5,8-11H2,(H3,18,19,20);1-3,5-8,12-13H,4,9-11H2,(H3,18,19,20);1-7,11-12H,8-10H2,(H3,17,18,19);1-3,5-6,9,11H,4,7-8,10H2,(H3,16,17,18)/b14-10+;13-9+;;8-5+;7-4+;. The fraction of sp³-hybridized carbons (Fsp3) is 0.260. The van der Waals surface area contributed by atoms with E-state index in [-0.39, 0.29) is 0 Å². The molecule has 0 saturated heterocycles. The van der Waals surface area contributed by atoms with Crippen LogP contribution in [0.15, 0.2) is 280 Å². The molecule has 0 unspecified atom stereocenters. The van der Waals surface area contributed by atoms with Crippen molar-refractivity contribution in [1.29, 1.82) is 0 Å². The molecular weight excluding hydrogens is 1710 g/mol. The molecule has 0 radical (unpaired) electrons. The smallest absolute Gasteiger partial charge is 0.197 e. The minimum atomic E-state index is 0.449. The Hall–Kier alpha value is -16.8. The molecule has 18 N–H and O–H groups in total. The van der Waals surface area contributed by atoms with E-state index < -0.39 is 0 Å². The van der Waals surface area contributed by atoms with Crippen LogP contribution in [-0.4, -0.2) is 150 Å². The molecule has 0 spiro atoms. The van der Waals surface area contributed by atoms with Gasteiger partial charge in [0.2, 0.25) is 0 Å². The van der Waals surface area contributed by atoms with E-state index in [4.69, 9.17) is 34.4 Å². The second kappa shape index (κ2) is 52.9. The van der Waals surface area contributed by atoms with Crippen molar-refractivity contribution in [3.05, 3.63) is 381 Å². The van der Waals surface area contributed by atoms with Crippen molar-refractivity contribution in [2.24, 2.45) is 0 Å². The molecule has 0 aliphatic rings. The predicted molar refractivity (Wildman–Crippen MR) is 532 cm³/mol. The minimum Gasteiger partial charge on any atom is -0.369 e. The van der Waals surface area contributed by atoms with Gasteiger partial charge in [-0.25, -0.2) is 53.3 Å². The van der Waals surface area contributed by atoms with Crippen molar-refractivity contribution in [2.45, 2.75) is 169 Å². The molecule has 0 amide bonds. The van der Waals surface area contributed by atoms with Gasteiger partial charge in [0.25, 0.3) is 0 Å². The van der Waals surface area contributed by atoms with Gasteiger partial charge in [0.15, 0.2) is 35.7 Å². The van der Waals surface area contributed by atoms with Gasteiger partial charge in [-0.05, 0) is 163 Å². The highest BCUT2D eigenvalue weighted by Gasteiger charge is 2.12. The zero-order valence-electron chi connectivity index (χ0n) is 76.9. The van der Waals surface area contributed by atoms with Gasteiger partial charge >= 0.3 is 0 Å². The van der Waals surface area contributed by atoms with Crippen LogP contribution < -0.4 is 34.4 Å². The summed E-state index contributed by atoms with van der Waals surface area (Å²) in [5.41, 5.74) is 55.4. The SMILES string of the molecule is C/C(=C\c1ccccc1)Cn1cc(CCCc2cnc(N)[nH]2)nn1.C/C(=C\c1ccccc1)Cn1cc(CCc2cnc(N)[nH]2)nn1.Nc1ncc(CCCc2cn(C/C=C/c3ccccc3)nn2)[nH]1.Nc1ncc(CCCc2cn(CCCc3ccccc3)nn2)[nH]1.Nc1ncc(CCCc2cn(Cc3ccccc3)nn2)[nH]1.Nc1ncc(CCc2cn(C/C=C/c3ccccc3)nn2)[nH]1. The number of H-pyrrole nitrogens is 6. The van der Waals surface area contributed by atoms with Gasteiger partial charge in [0.05, 0.1) is 104 Å². The summed E-state index contributed by atoms with van der Waals surface area (Å²) < 4.78 is 11.2. The Labute approximate surface area is 789 Å². The number of imidazole rings is 6. The van der Waals surface area contributed by atoms with Crippen LogP contribution in [0.3, 0.4) is 0 Å². The lowest BCUT2D eigenvalue weighted by atomic mass is 10.1. The molecule has 12 heterocycles. The zero-order valence-corrected chi connectivity index (χ0v) is 76.9. The maximum absolute atomic E-state index is 5.57. The second-order valence-electron chi connectivity index (χ2n) is 32.7. The highest BCUT2D eigenvalue weighted by Crippen LogP contribution is 2.17. The number of nitrogen functional groups attached to an aromatic ring is 6. The highest BCUT2D eigenvalue weighted by molar-refractivity contribution is 5.53. The fourth-order valence-electron chi connectivity index (χ4n) is 14.5. The van der Waals surface area contributed by atoms with Crippen molar-refractivity contribution < 1.29 is 0 Å². The number of nitrogens with zero attached hydrogens (tertiary/aromatic N) is 24. The Morgan fingerprint density at radius 3 is 0.860 bits per heavy atom. The molecule has 12 aromatic heterocycles. The van der Waals surface area contributed by atoms with Crippen LogP contribution >= 0.6 is 0 Å². The molecule has 18 aromatic rings. The highest BCUT2D eigenvalue weighted by atomic mass is 15.4. The van der Waals surface area contributed by atoms with Gasteiger partial charge in [-0.1, -0.05) is 261 Å². The van der Waals surface area contributed by atoms with Crippen LogP contribution in [0.4, 0.5) is 35.7 Å². The Balaban J connectivity index is 0.000000138. The molecular formula is C100H120N36. The lowest BCUT2D eigenvalue weighted by molar-refractivity contribution is 0.558. The summed E-state index contributed by atoms with van der Waals surface area (Å²) in [6, 6.07) is 61.8. The second-order valence-corrected chi connectivity index (χ2v) is 32.7. The van der Waals surface area contributed by atoms with Gasteiger partial charge in [-0.15, -0.1) is 30.6 Å². The van der Waals surface area contributed by atoms with E-state index in [0.717, 1.165) is 217 Å². The van der Waals surface area contributed by atoms with Crippen LogP contribution in [-0.2, 0) is 123 Å². The Morgan fingerprint density at radius 2 is 0.529 bits per heavy atom. The monoisotopic (exact) mass is 1830 g/mol. The summed E-state index contributed by atoms with van der Waals surface area (Å²) in [6.45, 7) is 8.78. The molecule has 0 bridgehead atoms. The third kappa shape index (κ3) is 35.5. The number of anilines is 6. The first-order chi connectivity index (χ1) is 66.5. The molecule has 0 saturated carbocycles. The zero-order chi connectivity index (χ0) is 94.4. The van der Waals surface area contributed by atoms with Gasteiger partial charge in [-0.2, -0.15) is 0 Å². The van der Waals surface area contributed by atoms with E-state index >= 15 is 0 Å². The van der Waals surface area contributed by atoms with Crippen LogP contribution in [0.1, 0.15) is 148 Å². The first kappa shape index (κ1) is 96.7. The van der Waals surface area contributed by atoms with Gasteiger partial charge in [0.1, 0.15) is 0 Å². The van der Waals surface area contributed by atoms with Crippen molar-refractivity contribution in [3.63, 3.8) is 0 Å². The Bertz CT molecular complexity index is 6510. The van der Waals surface area contributed by atoms with Gasteiger partial charge in [0, 0.05) is 77.9 Å². The molecule has 0 aliphatic heterocycles. The van der Waals surface area contributed by atoms with E-state index in [1.165, 1.54) is 44.5 Å². The number of hydrogen-bond acceptors (Lipinski definition) is 24. The molecule has 136 heavy (non-hydrogen) atoms. The first-order valence-electron chi connectivity index (χ1n) is 45.6. The van der Waals surface area contributed by atoms with E-state index in [1.54, 1.807) is 37.2 Å². The summed E-state index contributed by atoms with van der Waals surface area (Å²) in [7, 11) is 0. The first-order valence-corrected chi connectivity index (χ1v) is 45.6. The average Bonchev–Trinajstić information content (AvgIpc) is 1.77. The molecule has 18 rings (SSSR count). The molecule has 700 valence electrons. The van der Waals surface area contributed by atoms with Crippen molar-refractivity contribution in [1.82, 2.24) is 150 Å². The summed E-state index contributed by atoms with van der Waals surface area (Å²) in [4.78, 5) is 42.1. The van der Waals surface area contributed by atoms with E-state index in [0.29, 0.717) is 42.2 Å². The topological polar surface area (TPSA) is 512 Å². The molecule has 6 aromatic carbocycles. The lowest BCUT2D eigenvalue weighted by Gasteiger charge is -2.01. The molecule has 36 nitrogen and oxygen atoms in total. The van der Waals surface area contributed by atoms with Crippen molar-refractivity contribution in [3.8, 4) is 0 Å². The van der Waals surface area contributed by atoms with Crippen molar-refractivity contribution >= 4 is 60.0 Å². The summed E-state index contributed by atoms with van der Waals surface area (Å²) in [6.07, 6.45) is 51.9. The Morgan fingerprint density at radius 1 is 0.265 bits per heavy atom. The lowest BCUT2D eigenvalue weighted by Crippen LogP contribution is -2.00. The van der Waals surface area contributed by atoms with E-state index in [1.807, 2.05) is 162 Å². The molecule has 0 fully saturated rings. The maximum Gasteiger partial charge on any atom is 0.197 e. The van der Waals surface area contributed by atoms with Crippen LogP contribution in [0.2, 0.25) is 0 Å². The van der Waals surface area contributed by atoms with E-state index in [2.05, 4.69) is 257 Å². The van der Waals surface area contributed by atoms with E-state index in [9.17, 15) is 0 Å². The molecule has 0 atom stereocenters. The van der Waals surface area contributed by atoms with Crippen LogP contribution in [0, 0.1) is 0 Å². The molecule has 0 aliphatic carbocycles. The summed E-state index contributed by atoms with van der Waals surface area (Å²) >= 11 is 0. The maximum atomic E-state index is 5.57. The quantitative estimate of drug-likeness (QED) is 0.0170. The number of rotatable bonds is 40. The van der Waals surface area contributed by atoms with Gasteiger partial charge < -0.3 is 64.3 Å². The number of aromatic nitrogens is 30. The average molecular weight is 1830 g/mol. The number of hydrogen-bond donors (Lipinski definition) is 12. The molecule has 36 heteroatoms. The normalized spacial score (nSPS) is 11.3. The largest absolute Gasteiger partial charge is 0.369 e. The van der Waals surface area contributed by atoms with Gasteiger partial charge in [-0.3, -0.25) is 4.68 Å². The third-order valence-electron chi connectivity index (χ3n) is 21.2. The number of allylic oxidation sites excluding steroid dienone is 4. The van der Waals surface area contributed by atoms with Crippen LogP contribution in [0.25, 0.3) is 24.3 Å². The number of aromatic amines is 6. The summed E-state index contributed by atoms with van der Waals surface area (Å²) in [5.74, 6) is 2.78. The number of nitrogens with two attached hydrogens (primary N) is 6. The minimum absolute atomic E-state index is 0.449. The predicted octanol–water partition coefficient (Wildman–Crippen LogP) is 14.1. The number of benzene rings is 6. The number of nitrogens with one attached hydrogen (secondary N) is 6. The third-order valence-corrected chi connectivity index (χ3v) is 21.2.